The zero-order valence-electron chi connectivity index (χ0n) is 24.0. The fourth-order valence-electron chi connectivity index (χ4n) is 4.05. The number of hydrogen-bond donors (Lipinski definition) is 2. The van der Waals surface area contributed by atoms with Gasteiger partial charge >= 0.3 is 13.8 Å². The average molecular weight is 552 g/mol. The molecule has 0 aromatic rings. The maximum Gasteiger partial charge on any atom is 0.472 e. The van der Waals surface area contributed by atoms with Crippen LogP contribution in [-0.4, -0.2) is 49.9 Å². The molecule has 222 valence electrons. The molecule has 9 heteroatoms. The number of hydrogen-bond acceptors (Lipinski definition) is 7. The highest BCUT2D eigenvalue weighted by molar-refractivity contribution is 7.47. The molecular weight excluding hydrogens is 493 g/mol. The largest absolute Gasteiger partial charge is 0.472 e. The quantitative estimate of drug-likeness (QED) is 0.0559. The molecule has 0 bridgehead atoms. The Morgan fingerprint density at radius 3 is 1.70 bits per heavy atom. The van der Waals surface area contributed by atoms with Gasteiger partial charge in [-0.05, 0) is 12.8 Å². The smallest absolute Gasteiger partial charge is 0.457 e. The number of rotatable bonds is 29. The van der Waals surface area contributed by atoms with Gasteiger partial charge in [0.1, 0.15) is 6.10 Å². The van der Waals surface area contributed by atoms with Crippen LogP contribution in [-0.2, 0) is 27.9 Å². The van der Waals surface area contributed by atoms with Gasteiger partial charge in [-0.1, -0.05) is 117 Å². The van der Waals surface area contributed by atoms with Gasteiger partial charge in [-0.3, -0.25) is 13.8 Å². The Balaban J connectivity index is 4.19. The van der Waals surface area contributed by atoms with Crippen LogP contribution in [0.1, 0.15) is 136 Å². The van der Waals surface area contributed by atoms with Crippen LogP contribution < -0.4 is 5.73 Å². The van der Waals surface area contributed by atoms with Crippen molar-refractivity contribution in [3.05, 3.63) is 0 Å². The monoisotopic (exact) mass is 551 g/mol. The van der Waals surface area contributed by atoms with E-state index in [0.29, 0.717) is 13.0 Å². The molecule has 37 heavy (non-hydrogen) atoms. The van der Waals surface area contributed by atoms with E-state index in [9.17, 15) is 14.3 Å². The predicted molar refractivity (Wildman–Crippen MR) is 151 cm³/mol. The second-order valence-corrected chi connectivity index (χ2v) is 11.4. The van der Waals surface area contributed by atoms with Crippen molar-refractivity contribution in [3.63, 3.8) is 0 Å². The number of ether oxygens (including phenoxy) is 2. The molecule has 0 radical (unpaired) electrons. The van der Waals surface area contributed by atoms with Crippen molar-refractivity contribution in [2.75, 3.05) is 33.0 Å². The molecule has 0 aliphatic carbocycles. The lowest BCUT2D eigenvalue weighted by Crippen LogP contribution is -2.28. The first-order valence-electron chi connectivity index (χ1n) is 15.0. The SMILES string of the molecule is CCCCCCCCCCCOCC(COP(=O)(O)OCCN)OC(=O)CCCCCCCCCCC. The first-order valence-corrected chi connectivity index (χ1v) is 16.5. The average Bonchev–Trinajstić information content (AvgIpc) is 2.88. The number of nitrogens with two attached hydrogens (primary N) is 1. The molecule has 0 amide bonds. The summed E-state index contributed by atoms with van der Waals surface area (Å²) in [4.78, 5) is 22.1. The maximum absolute atomic E-state index is 12.3. The van der Waals surface area contributed by atoms with Crippen molar-refractivity contribution < 1.29 is 32.8 Å². The molecule has 0 aromatic carbocycles. The van der Waals surface area contributed by atoms with Gasteiger partial charge < -0.3 is 20.1 Å². The van der Waals surface area contributed by atoms with Crippen LogP contribution in [0.4, 0.5) is 0 Å². The first-order chi connectivity index (χ1) is 17.9. The summed E-state index contributed by atoms with van der Waals surface area (Å²) in [6, 6.07) is 0. The van der Waals surface area contributed by atoms with Gasteiger partial charge in [-0.15, -0.1) is 0 Å². The topological polar surface area (TPSA) is 117 Å². The second-order valence-electron chi connectivity index (χ2n) is 9.98. The molecule has 3 N–H and O–H groups in total. The van der Waals surface area contributed by atoms with Crippen molar-refractivity contribution in [3.8, 4) is 0 Å². The molecule has 8 nitrogen and oxygen atoms in total. The summed E-state index contributed by atoms with van der Waals surface area (Å²) in [7, 11) is -4.25. The molecule has 0 aliphatic heterocycles. The Labute approximate surface area is 227 Å². The van der Waals surface area contributed by atoms with E-state index < -0.39 is 13.9 Å². The molecule has 0 fully saturated rings. The number of unbranched alkanes of at least 4 members (excludes halogenated alkanes) is 16. The standard InChI is InChI=1S/C28H58NO7P/c1-3-5-7-9-11-13-15-17-19-21-28(30)36-27(26-35-37(31,32)34-24-22-29)25-33-23-20-18-16-14-12-10-8-6-4-2/h27H,3-26,29H2,1-2H3,(H,31,32). The summed E-state index contributed by atoms with van der Waals surface area (Å²) in [5.74, 6) is -0.334. The van der Waals surface area contributed by atoms with E-state index in [4.69, 9.17) is 24.3 Å². The van der Waals surface area contributed by atoms with E-state index in [1.165, 1.54) is 83.5 Å². The van der Waals surface area contributed by atoms with Gasteiger partial charge in [0.2, 0.25) is 0 Å². The Morgan fingerprint density at radius 2 is 1.19 bits per heavy atom. The van der Waals surface area contributed by atoms with Gasteiger partial charge in [0.25, 0.3) is 0 Å². The van der Waals surface area contributed by atoms with Gasteiger partial charge in [-0.2, -0.15) is 0 Å². The van der Waals surface area contributed by atoms with Crippen LogP contribution in [0.5, 0.6) is 0 Å². The lowest BCUT2D eigenvalue weighted by atomic mass is 10.1. The second kappa shape index (κ2) is 27.1. The molecule has 2 atom stereocenters. The number of phosphoric acid groups is 1. The van der Waals surface area contributed by atoms with Crippen LogP contribution in [0, 0.1) is 0 Å². The third-order valence-electron chi connectivity index (χ3n) is 6.27. The fraction of sp³-hybridized carbons (Fsp3) is 0.964. The molecular formula is C28H58NO7P. The Kier molecular flexibility index (Phi) is 26.7. The molecule has 0 spiro atoms. The van der Waals surface area contributed by atoms with Crippen LogP contribution in [0.25, 0.3) is 0 Å². The third kappa shape index (κ3) is 26.9. The van der Waals surface area contributed by atoms with Gasteiger partial charge in [0, 0.05) is 19.6 Å². The Morgan fingerprint density at radius 1 is 0.703 bits per heavy atom. The van der Waals surface area contributed by atoms with Gasteiger partial charge in [0.15, 0.2) is 0 Å². The van der Waals surface area contributed by atoms with Crippen LogP contribution in [0.2, 0.25) is 0 Å². The lowest BCUT2D eigenvalue weighted by molar-refractivity contribution is -0.154. The van der Waals surface area contributed by atoms with E-state index >= 15 is 0 Å². The number of carbonyl (C=O) groups excluding carboxylic acids is 1. The minimum atomic E-state index is -4.25. The highest BCUT2D eigenvalue weighted by Crippen LogP contribution is 2.43. The summed E-state index contributed by atoms with van der Waals surface area (Å²) >= 11 is 0. The summed E-state index contributed by atoms with van der Waals surface area (Å²) in [5.41, 5.74) is 5.31. The zero-order chi connectivity index (χ0) is 27.5. The number of phosphoric ester groups is 1. The Hall–Kier alpha value is -0.500. The predicted octanol–water partition coefficient (Wildman–Crippen LogP) is 7.46. The minimum Gasteiger partial charge on any atom is -0.457 e. The van der Waals surface area contributed by atoms with Crippen molar-refractivity contribution in [2.24, 2.45) is 5.73 Å². The normalized spacial score (nSPS) is 13.9. The van der Waals surface area contributed by atoms with Crippen LogP contribution in [0.3, 0.4) is 0 Å². The highest BCUT2D eigenvalue weighted by atomic mass is 31.2. The zero-order valence-corrected chi connectivity index (χ0v) is 24.9. The lowest BCUT2D eigenvalue weighted by Gasteiger charge is -2.20. The van der Waals surface area contributed by atoms with Crippen molar-refractivity contribution in [1.29, 1.82) is 0 Å². The van der Waals surface area contributed by atoms with Gasteiger partial charge in [0.05, 0.1) is 19.8 Å². The maximum atomic E-state index is 12.3. The van der Waals surface area contributed by atoms with Crippen molar-refractivity contribution >= 4 is 13.8 Å². The van der Waals surface area contributed by atoms with E-state index in [-0.39, 0.29) is 32.3 Å². The molecule has 0 aliphatic rings. The van der Waals surface area contributed by atoms with Crippen LogP contribution in [0.15, 0.2) is 0 Å². The van der Waals surface area contributed by atoms with E-state index in [1.807, 2.05) is 0 Å². The molecule has 0 heterocycles. The third-order valence-corrected chi connectivity index (χ3v) is 7.26. The summed E-state index contributed by atoms with van der Waals surface area (Å²) < 4.78 is 33.0. The molecule has 0 aromatic heterocycles. The molecule has 0 saturated heterocycles. The fourth-order valence-corrected chi connectivity index (χ4v) is 4.82. The van der Waals surface area contributed by atoms with Crippen LogP contribution >= 0.6 is 7.82 Å². The van der Waals surface area contributed by atoms with E-state index in [0.717, 1.165) is 32.1 Å². The number of carbonyl (C=O) groups is 1. The minimum absolute atomic E-state index is 0.0913. The summed E-state index contributed by atoms with van der Waals surface area (Å²) in [6.45, 7) is 4.88. The van der Waals surface area contributed by atoms with Gasteiger partial charge in [-0.25, -0.2) is 4.57 Å². The van der Waals surface area contributed by atoms with E-state index in [1.54, 1.807) is 0 Å². The highest BCUT2D eigenvalue weighted by Gasteiger charge is 2.25. The van der Waals surface area contributed by atoms with Crippen molar-refractivity contribution in [2.45, 2.75) is 142 Å². The molecule has 0 rings (SSSR count). The molecule has 0 saturated carbocycles. The number of esters is 1. The van der Waals surface area contributed by atoms with Crippen molar-refractivity contribution in [1.82, 2.24) is 0 Å². The summed E-state index contributed by atoms with van der Waals surface area (Å²) in [5, 5.41) is 0. The Bertz CT molecular complexity index is 551. The summed E-state index contributed by atoms with van der Waals surface area (Å²) in [6.07, 6.45) is 21.1. The first kappa shape index (κ1) is 36.5. The molecule has 2 unspecified atom stereocenters. The van der Waals surface area contributed by atoms with E-state index in [2.05, 4.69) is 13.8 Å².